The highest BCUT2D eigenvalue weighted by molar-refractivity contribution is 8.00. The number of carbonyl (C=O) groups excluding carboxylic acids is 1. The van der Waals surface area contributed by atoms with Crippen molar-refractivity contribution in [1.29, 1.82) is 0 Å². The van der Waals surface area contributed by atoms with Gasteiger partial charge in [-0.2, -0.15) is 4.98 Å². The molecule has 30 heavy (non-hydrogen) atoms. The van der Waals surface area contributed by atoms with Gasteiger partial charge in [-0.15, -0.1) is 0 Å². The summed E-state index contributed by atoms with van der Waals surface area (Å²) in [5.41, 5.74) is 2.53. The zero-order chi connectivity index (χ0) is 21.7. The number of hydrogen-bond donors (Lipinski definition) is 1. The van der Waals surface area contributed by atoms with Crippen LogP contribution in [0.1, 0.15) is 30.5 Å². The van der Waals surface area contributed by atoms with Crippen LogP contribution >= 0.6 is 35.0 Å². The molecule has 0 fully saturated rings. The monoisotopic (exact) mass is 468 g/mol. The summed E-state index contributed by atoms with van der Waals surface area (Å²) in [7, 11) is 4.05. The third-order valence-electron chi connectivity index (χ3n) is 4.92. The fraction of sp³-hybridized carbons (Fsp3) is 0.476. The summed E-state index contributed by atoms with van der Waals surface area (Å²) in [4.78, 5) is 31.5. The molecule has 0 saturated heterocycles. The molecule has 1 amide bonds. The lowest BCUT2D eigenvalue weighted by atomic mass is 9.97. The fourth-order valence-corrected chi connectivity index (χ4v) is 5.00. The Bertz CT molecular complexity index is 958. The van der Waals surface area contributed by atoms with Crippen molar-refractivity contribution in [2.24, 2.45) is 0 Å². The van der Waals surface area contributed by atoms with Gasteiger partial charge in [0.05, 0.1) is 5.75 Å². The molecule has 1 aromatic heterocycles. The summed E-state index contributed by atoms with van der Waals surface area (Å²) >= 11 is 13.3. The number of benzene rings is 1. The minimum absolute atomic E-state index is 0.160. The van der Waals surface area contributed by atoms with Crippen LogP contribution in [0.5, 0.6) is 0 Å². The SMILES string of the molecule is CN(C)CCCn1c2c(c(SCC(=O)Nc3cc(Cl)cc(Cl)c3)nc1=O)CCCC2. The van der Waals surface area contributed by atoms with E-state index in [9.17, 15) is 9.59 Å². The Morgan fingerprint density at radius 2 is 1.90 bits per heavy atom. The molecule has 9 heteroatoms. The third kappa shape index (κ3) is 6.23. The highest BCUT2D eigenvalue weighted by atomic mass is 35.5. The fourth-order valence-electron chi connectivity index (χ4n) is 3.60. The maximum atomic E-state index is 12.7. The van der Waals surface area contributed by atoms with Gasteiger partial charge < -0.3 is 10.2 Å². The maximum Gasteiger partial charge on any atom is 0.348 e. The summed E-state index contributed by atoms with van der Waals surface area (Å²) in [5.74, 6) is -0.0342. The van der Waals surface area contributed by atoms with E-state index in [0.717, 1.165) is 49.9 Å². The summed E-state index contributed by atoms with van der Waals surface area (Å²) in [5, 5.41) is 4.39. The first kappa shape index (κ1) is 23.1. The Morgan fingerprint density at radius 1 is 1.20 bits per heavy atom. The van der Waals surface area contributed by atoms with Gasteiger partial charge in [-0.1, -0.05) is 35.0 Å². The van der Waals surface area contributed by atoms with Crippen LogP contribution in [0.3, 0.4) is 0 Å². The first-order valence-corrected chi connectivity index (χ1v) is 11.7. The number of anilines is 1. The molecule has 1 aliphatic rings. The Kier molecular flexibility index (Phi) is 8.22. The average Bonchev–Trinajstić information content (AvgIpc) is 2.67. The lowest BCUT2D eigenvalue weighted by Gasteiger charge is -2.23. The molecule has 2 aromatic rings. The van der Waals surface area contributed by atoms with Crippen LogP contribution in [-0.2, 0) is 24.2 Å². The molecule has 0 spiro atoms. The topological polar surface area (TPSA) is 67.2 Å². The molecule has 0 unspecified atom stereocenters. The lowest BCUT2D eigenvalue weighted by molar-refractivity contribution is -0.113. The smallest absolute Gasteiger partial charge is 0.325 e. The highest BCUT2D eigenvalue weighted by Gasteiger charge is 2.21. The van der Waals surface area contributed by atoms with Crippen LogP contribution in [0.15, 0.2) is 28.0 Å². The van der Waals surface area contributed by atoms with Crippen LogP contribution in [0, 0.1) is 0 Å². The number of amides is 1. The zero-order valence-electron chi connectivity index (χ0n) is 17.2. The van der Waals surface area contributed by atoms with Crippen molar-refractivity contribution in [3.63, 3.8) is 0 Å². The molecule has 162 valence electrons. The highest BCUT2D eigenvalue weighted by Crippen LogP contribution is 2.29. The third-order valence-corrected chi connectivity index (χ3v) is 6.38. The molecular weight excluding hydrogens is 443 g/mol. The minimum atomic E-state index is -0.223. The summed E-state index contributed by atoms with van der Waals surface area (Å²) in [6, 6.07) is 4.90. The molecule has 1 heterocycles. The molecule has 0 atom stereocenters. The normalized spacial score (nSPS) is 13.4. The lowest BCUT2D eigenvalue weighted by Crippen LogP contribution is -2.31. The van der Waals surface area contributed by atoms with E-state index in [2.05, 4.69) is 15.2 Å². The number of fused-ring (bicyclic) bond motifs is 1. The second kappa shape index (κ2) is 10.7. The van der Waals surface area contributed by atoms with Gasteiger partial charge in [0.25, 0.3) is 0 Å². The first-order valence-electron chi connectivity index (χ1n) is 9.99. The maximum absolute atomic E-state index is 12.7. The Morgan fingerprint density at radius 3 is 2.60 bits per heavy atom. The first-order chi connectivity index (χ1) is 14.3. The van der Waals surface area contributed by atoms with E-state index in [0.29, 0.717) is 27.3 Å². The van der Waals surface area contributed by atoms with E-state index < -0.39 is 0 Å². The van der Waals surface area contributed by atoms with E-state index in [1.54, 1.807) is 18.2 Å². The van der Waals surface area contributed by atoms with E-state index in [-0.39, 0.29) is 17.3 Å². The summed E-state index contributed by atoms with van der Waals surface area (Å²) < 4.78 is 1.83. The zero-order valence-corrected chi connectivity index (χ0v) is 19.5. The number of nitrogens with zero attached hydrogens (tertiary/aromatic N) is 3. The van der Waals surface area contributed by atoms with Gasteiger partial charge in [-0.25, -0.2) is 4.79 Å². The standard InChI is InChI=1S/C21H26Cl2N4O2S/c1-26(2)8-5-9-27-18-7-4-3-6-17(18)20(25-21(27)29)30-13-19(28)24-16-11-14(22)10-15(23)12-16/h10-12H,3-9,13H2,1-2H3,(H,24,28). The second-order valence-electron chi connectivity index (χ2n) is 7.64. The number of carbonyl (C=O) groups is 1. The Labute approximate surface area is 191 Å². The van der Waals surface area contributed by atoms with Crippen LogP contribution < -0.4 is 11.0 Å². The quantitative estimate of drug-likeness (QED) is 0.466. The van der Waals surface area contributed by atoms with Gasteiger partial charge in [0, 0.05) is 33.5 Å². The van der Waals surface area contributed by atoms with Crippen molar-refractivity contribution >= 4 is 46.6 Å². The van der Waals surface area contributed by atoms with Crippen molar-refractivity contribution in [2.45, 2.75) is 43.7 Å². The van der Waals surface area contributed by atoms with Crippen molar-refractivity contribution < 1.29 is 4.79 Å². The van der Waals surface area contributed by atoms with Crippen LogP contribution in [-0.4, -0.2) is 46.8 Å². The van der Waals surface area contributed by atoms with Gasteiger partial charge in [0.1, 0.15) is 5.03 Å². The van der Waals surface area contributed by atoms with Crippen molar-refractivity contribution in [3.05, 3.63) is 50.0 Å². The van der Waals surface area contributed by atoms with Crippen LogP contribution in [0.4, 0.5) is 5.69 Å². The van der Waals surface area contributed by atoms with E-state index in [1.165, 1.54) is 11.8 Å². The van der Waals surface area contributed by atoms with Crippen LogP contribution in [0.2, 0.25) is 10.0 Å². The van der Waals surface area contributed by atoms with Gasteiger partial charge in [0.15, 0.2) is 0 Å². The molecule has 1 aromatic carbocycles. The molecular formula is C21H26Cl2N4O2S. The van der Waals surface area contributed by atoms with Gasteiger partial charge in [-0.05, 0) is 70.9 Å². The average molecular weight is 469 g/mol. The van der Waals surface area contributed by atoms with E-state index in [1.807, 2.05) is 18.7 Å². The number of rotatable bonds is 8. The van der Waals surface area contributed by atoms with Gasteiger partial charge >= 0.3 is 5.69 Å². The molecule has 6 nitrogen and oxygen atoms in total. The number of nitrogens with one attached hydrogen (secondary N) is 1. The van der Waals surface area contributed by atoms with Gasteiger partial charge in [-0.3, -0.25) is 9.36 Å². The van der Waals surface area contributed by atoms with Crippen LogP contribution in [0.25, 0.3) is 0 Å². The molecule has 0 aliphatic heterocycles. The number of thioether (sulfide) groups is 1. The predicted molar refractivity (Wildman–Crippen MR) is 124 cm³/mol. The molecule has 3 rings (SSSR count). The number of aromatic nitrogens is 2. The van der Waals surface area contributed by atoms with Crippen molar-refractivity contribution in [3.8, 4) is 0 Å². The Balaban J connectivity index is 1.72. The summed E-state index contributed by atoms with van der Waals surface area (Å²) in [6.07, 6.45) is 4.83. The summed E-state index contributed by atoms with van der Waals surface area (Å²) in [6.45, 7) is 1.60. The molecule has 1 N–H and O–H groups in total. The van der Waals surface area contributed by atoms with Crippen molar-refractivity contribution in [1.82, 2.24) is 14.5 Å². The molecule has 0 saturated carbocycles. The second-order valence-corrected chi connectivity index (χ2v) is 9.47. The van der Waals surface area contributed by atoms with E-state index in [4.69, 9.17) is 23.2 Å². The number of halogens is 2. The van der Waals surface area contributed by atoms with E-state index >= 15 is 0 Å². The molecule has 0 radical (unpaired) electrons. The molecule has 1 aliphatic carbocycles. The van der Waals surface area contributed by atoms with Gasteiger partial charge in [0.2, 0.25) is 5.91 Å². The van der Waals surface area contributed by atoms with Crippen molar-refractivity contribution in [2.75, 3.05) is 31.7 Å². The number of hydrogen-bond acceptors (Lipinski definition) is 5. The largest absolute Gasteiger partial charge is 0.348 e. The Hall–Kier alpha value is -1.54. The molecule has 0 bridgehead atoms. The minimum Gasteiger partial charge on any atom is -0.325 e. The predicted octanol–water partition coefficient (Wildman–Crippen LogP) is 4.11.